The summed E-state index contributed by atoms with van der Waals surface area (Å²) in [6, 6.07) is 2.34. The normalized spacial score (nSPS) is 19.4. The Labute approximate surface area is 185 Å². The summed E-state index contributed by atoms with van der Waals surface area (Å²) in [4.78, 5) is 23.3. The number of nitrogens with zero attached hydrogens (tertiary/aromatic N) is 8. The molecule has 3 fully saturated rings. The van der Waals surface area contributed by atoms with E-state index in [-0.39, 0.29) is 6.04 Å². The molecule has 11 heteroatoms. The summed E-state index contributed by atoms with van der Waals surface area (Å²) in [5.74, 6) is 4.13. The molecule has 0 N–H and O–H groups in total. The largest absolute Gasteiger partial charge is 0.351 e. The zero-order chi connectivity index (χ0) is 19.7. The molecule has 30 heavy (non-hydrogen) atoms. The summed E-state index contributed by atoms with van der Waals surface area (Å²) in [5.41, 5.74) is 1.02. The van der Waals surface area contributed by atoms with Crippen LogP contribution in [0, 0.1) is 0 Å². The van der Waals surface area contributed by atoms with Crippen molar-refractivity contribution in [3.8, 4) is 0 Å². The number of hydrogen-bond donors (Lipinski definition) is 0. The van der Waals surface area contributed by atoms with Crippen LogP contribution in [-0.4, -0.2) is 47.8 Å². The summed E-state index contributed by atoms with van der Waals surface area (Å²) >= 11 is 4.69. The first kappa shape index (κ1) is 17.4. The molecule has 1 aliphatic heterocycles. The maximum Gasteiger partial charge on any atom is 0.211 e. The fraction of sp³-hybridized carbons (Fsp3) is 0.474. The topological polar surface area (TPSA) is 83.8 Å². The van der Waals surface area contributed by atoms with Crippen LogP contribution >= 0.6 is 34.4 Å². The lowest BCUT2D eigenvalue weighted by molar-refractivity contribution is 0.505. The Morgan fingerprint density at radius 3 is 2.20 bits per heavy atom. The summed E-state index contributed by atoms with van der Waals surface area (Å²) in [7, 11) is 0. The monoisotopic (exact) mass is 454 g/mol. The molecule has 4 aromatic heterocycles. The van der Waals surface area contributed by atoms with Gasteiger partial charge in [-0.15, -0.1) is 11.3 Å². The third-order valence-electron chi connectivity index (χ3n) is 5.91. The van der Waals surface area contributed by atoms with Gasteiger partial charge in [-0.1, -0.05) is 0 Å². The lowest BCUT2D eigenvalue weighted by Crippen LogP contribution is -2.58. The molecule has 0 radical (unpaired) electrons. The van der Waals surface area contributed by atoms with Gasteiger partial charge in [0.15, 0.2) is 0 Å². The zero-order valence-corrected chi connectivity index (χ0v) is 18.5. The molecule has 0 bridgehead atoms. The predicted octanol–water partition coefficient (Wildman–Crippen LogP) is 4.18. The van der Waals surface area contributed by atoms with Crippen molar-refractivity contribution in [2.24, 2.45) is 0 Å². The van der Waals surface area contributed by atoms with E-state index < -0.39 is 0 Å². The molecule has 7 rings (SSSR count). The molecular formula is C19H18N8S3. The highest BCUT2D eigenvalue weighted by atomic mass is 32.1. The van der Waals surface area contributed by atoms with Crippen molar-refractivity contribution in [1.29, 1.82) is 0 Å². The van der Waals surface area contributed by atoms with E-state index in [1.54, 1.807) is 17.7 Å². The Morgan fingerprint density at radius 2 is 1.57 bits per heavy atom. The van der Waals surface area contributed by atoms with Crippen molar-refractivity contribution in [2.75, 3.05) is 22.9 Å². The molecule has 3 aliphatic rings. The Bertz CT molecular complexity index is 1170. The fourth-order valence-corrected chi connectivity index (χ4v) is 6.42. The minimum absolute atomic E-state index is 0.287. The van der Waals surface area contributed by atoms with Crippen LogP contribution in [0.1, 0.15) is 49.2 Å². The minimum atomic E-state index is 0.287. The second kappa shape index (κ2) is 6.63. The van der Waals surface area contributed by atoms with Gasteiger partial charge in [0.2, 0.25) is 10.3 Å². The number of hydrogen-bond acceptors (Lipinski definition) is 11. The average Bonchev–Trinajstić information content (AvgIpc) is 3.60. The maximum absolute atomic E-state index is 4.89. The van der Waals surface area contributed by atoms with Crippen LogP contribution in [-0.2, 0) is 0 Å². The van der Waals surface area contributed by atoms with E-state index in [9.17, 15) is 0 Å². The molecule has 2 aliphatic carbocycles. The minimum Gasteiger partial charge on any atom is -0.351 e. The van der Waals surface area contributed by atoms with Crippen molar-refractivity contribution in [3.63, 3.8) is 0 Å². The van der Waals surface area contributed by atoms with E-state index in [1.807, 2.05) is 0 Å². The lowest BCUT2D eigenvalue weighted by atomic mass is 10.1. The number of aromatic nitrogens is 6. The first-order chi connectivity index (χ1) is 14.8. The van der Waals surface area contributed by atoms with Crippen molar-refractivity contribution in [3.05, 3.63) is 29.4 Å². The molecule has 8 nitrogen and oxygen atoms in total. The van der Waals surface area contributed by atoms with Gasteiger partial charge in [-0.2, -0.15) is 8.75 Å². The molecule has 0 amide bonds. The van der Waals surface area contributed by atoms with E-state index in [2.05, 4.69) is 40.0 Å². The molecule has 0 atom stereocenters. The molecule has 0 aromatic carbocycles. The Kier molecular flexibility index (Phi) is 3.85. The van der Waals surface area contributed by atoms with Crippen molar-refractivity contribution in [1.82, 2.24) is 28.7 Å². The van der Waals surface area contributed by atoms with Crippen molar-refractivity contribution in [2.45, 2.75) is 43.6 Å². The predicted molar refractivity (Wildman–Crippen MR) is 119 cm³/mol. The standard InChI is InChI=1S/C19H18N8S3/c1-2-10(1)15-22-18(29-24-15)27(19-23-16(25-30-19)11-3-4-11)12-7-26(8-12)17-14-13(5-6-28-14)20-9-21-17/h5-6,9-12H,1-4,7-8H2. The molecule has 152 valence electrons. The molecule has 1 saturated heterocycles. The quantitative estimate of drug-likeness (QED) is 0.429. The van der Waals surface area contributed by atoms with Gasteiger partial charge in [-0.05, 0) is 37.1 Å². The molecule has 2 saturated carbocycles. The van der Waals surface area contributed by atoms with Gasteiger partial charge in [-0.25, -0.2) is 19.9 Å². The van der Waals surface area contributed by atoms with E-state index in [0.29, 0.717) is 11.8 Å². The summed E-state index contributed by atoms with van der Waals surface area (Å²) in [5, 5.41) is 3.97. The summed E-state index contributed by atoms with van der Waals surface area (Å²) in [6.07, 6.45) is 6.50. The highest BCUT2D eigenvalue weighted by molar-refractivity contribution is 7.17. The van der Waals surface area contributed by atoms with Crippen LogP contribution < -0.4 is 9.80 Å². The second-order valence-electron chi connectivity index (χ2n) is 8.18. The number of thiophene rings is 1. The smallest absolute Gasteiger partial charge is 0.211 e. The van der Waals surface area contributed by atoms with Crippen molar-refractivity contribution < 1.29 is 0 Å². The first-order valence-electron chi connectivity index (χ1n) is 10.2. The lowest BCUT2D eigenvalue weighted by Gasteiger charge is -2.44. The van der Waals surface area contributed by atoms with Gasteiger partial charge in [0.1, 0.15) is 23.8 Å². The summed E-state index contributed by atoms with van der Waals surface area (Å²) < 4.78 is 10.4. The summed E-state index contributed by atoms with van der Waals surface area (Å²) in [6.45, 7) is 1.75. The van der Waals surface area contributed by atoms with Gasteiger partial charge >= 0.3 is 0 Å². The number of fused-ring (bicyclic) bond motifs is 1. The molecule has 0 unspecified atom stereocenters. The molecule has 5 heterocycles. The highest BCUT2D eigenvalue weighted by Gasteiger charge is 2.39. The van der Waals surface area contributed by atoms with Crippen LogP contribution in [0.3, 0.4) is 0 Å². The van der Waals surface area contributed by atoms with Crippen LogP contribution in [0.4, 0.5) is 16.1 Å². The second-order valence-corrected chi connectivity index (χ2v) is 10.6. The van der Waals surface area contributed by atoms with Gasteiger partial charge in [0.05, 0.1) is 16.3 Å². The Hall–Kier alpha value is -2.24. The SMILES string of the molecule is c1nc(N2CC(N(c3nc(C4CC4)ns3)c3nc(C4CC4)ns3)C2)c2sccc2n1. The number of rotatable bonds is 6. The maximum atomic E-state index is 4.89. The van der Waals surface area contributed by atoms with Gasteiger partial charge in [0, 0.05) is 48.0 Å². The van der Waals surface area contributed by atoms with E-state index in [1.165, 1.54) is 48.7 Å². The third-order valence-corrected chi connectivity index (χ3v) is 8.27. The fourth-order valence-electron chi connectivity index (χ4n) is 3.85. The average molecular weight is 455 g/mol. The highest BCUT2D eigenvalue weighted by Crippen LogP contribution is 2.44. The van der Waals surface area contributed by atoms with Gasteiger partial charge in [0.25, 0.3) is 0 Å². The van der Waals surface area contributed by atoms with Gasteiger partial charge < -0.3 is 4.90 Å². The molecular weight excluding hydrogens is 436 g/mol. The molecule has 4 aromatic rings. The molecule has 0 spiro atoms. The van der Waals surface area contributed by atoms with Crippen LogP contribution in [0.25, 0.3) is 10.2 Å². The van der Waals surface area contributed by atoms with Gasteiger partial charge in [-0.3, -0.25) is 4.90 Å². The zero-order valence-electron chi connectivity index (χ0n) is 16.0. The Balaban J connectivity index is 1.19. The van der Waals surface area contributed by atoms with E-state index >= 15 is 0 Å². The third kappa shape index (κ3) is 2.90. The van der Waals surface area contributed by atoms with E-state index in [0.717, 1.165) is 51.0 Å². The Morgan fingerprint density at radius 1 is 0.900 bits per heavy atom. The van der Waals surface area contributed by atoms with Crippen molar-refractivity contribution >= 4 is 60.7 Å². The van der Waals surface area contributed by atoms with Crippen LogP contribution in [0.15, 0.2) is 17.8 Å². The van der Waals surface area contributed by atoms with Crippen LogP contribution in [0.5, 0.6) is 0 Å². The first-order valence-corrected chi connectivity index (χ1v) is 12.7. The van der Waals surface area contributed by atoms with E-state index in [4.69, 9.17) is 9.97 Å². The van der Waals surface area contributed by atoms with Crippen LogP contribution in [0.2, 0.25) is 0 Å². The number of anilines is 3.